The van der Waals surface area contributed by atoms with Crippen molar-refractivity contribution in [2.24, 2.45) is 0 Å². The lowest BCUT2D eigenvalue weighted by atomic mass is 10.2. The predicted molar refractivity (Wildman–Crippen MR) is 86.7 cm³/mol. The molecule has 2 aromatic rings. The molecule has 0 saturated carbocycles. The number of nitro groups is 1. The first-order valence-electron chi connectivity index (χ1n) is 6.92. The Hall–Kier alpha value is -2.53. The Morgan fingerprint density at radius 1 is 1.38 bits per heavy atom. The van der Waals surface area contributed by atoms with E-state index in [1.807, 2.05) is 0 Å². The molecule has 0 unspecified atom stereocenters. The van der Waals surface area contributed by atoms with Crippen molar-refractivity contribution in [2.75, 3.05) is 11.3 Å². The van der Waals surface area contributed by atoms with Crippen molar-refractivity contribution in [1.29, 1.82) is 0 Å². The fourth-order valence-electron chi connectivity index (χ4n) is 2.22. The number of hydrogen-bond acceptors (Lipinski definition) is 7. The van der Waals surface area contributed by atoms with Gasteiger partial charge in [-0.3, -0.25) is 19.6 Å². The highest BCUT2D eigenvalue weighted by Gasteiger charge is 2.24. The van der Waals surface area contributed by atoms with E-state index < -0.39 is 14.9 Å². The van der Waals surface area contributed by atoms with Gasteiger partial charge in [0.15, 0.2) is 5.13 Å². The summed E-state index contributed by atoms with van der Waals surface area (Å²) >= 11 is 0.942. The number of anilines is 1. The number of amides is 1. The van der Waals surface area contributed by atoms with E-state index in [9.17, 15) is 23.3 Å². The van der Waals surface area contributed by atoms with Gasteiger partial charge >= 0.3 is 0 Å². The number of carbonyl (C=O) groups excluding carboxylic acids is 1. The van der Waals surface area contributed by atoms with Crippen molar-refractivity contribution in [2.45, 2.75) is 17.7 Å². The Morgan fingerprint density at radius 2 is 2.17 bits per heavy atom. The third kappa shape index (κ3) is 3.21. The Labute approximate surface area is 140 Å². The van der Waals surface area contributed by atoms with Crippen molar-refractivity contribution >= 4 is 38.1 Å². The maximum absolute atomic E-state index is 12.4. The van der Waals surface area contributed by atoms with Crippen LogP contribution in [0.4, 0.5) is 10.8 Å². The smallest absolute Gasteiger partial charge is 0.270 e. The van der Waals surface area contributed by atoms with Gasteiger partial charge in [0.25, 0.3) is 21.6 Å². The molecule has 2 heterocycles. The summed E-state index contributed by atoms with van der Waals surface area (Å²) in [5, 5.41) is 13.5. The van der Waals surface area contributed by atoms with E-state index in [1.54, 1.807) is 0 Å². The quantitative estimate of drug-likeness (QED) is 0.621. The molecule has 2 N–H and O–H groups in total. The SMILES string of the molecule is O=C1NCCCc2nc(NS(=O)(=O)c3cccc([N+](=O)[O-])c3)sc21. The Morgan fingerprint density at radius 3 is 2.92 bits per heavy atom. The van der Waals surface area contributed by atoms with Crippen molar-refractivity contribution < 1.29 is 18.1 Å². The summed E-state index contributed by atoms with van der Waals surface area (Å²) in [4.78, 5) is 26.3. The van der Waals surface area contributed by atoms with Gasteiger partial charge in [-0.2, -0.15) is 0 Å². The van der Waals surface area contributed by atoms with Crippen LogP contribution < -0.4 is 10.0 Å². The summed E-state index contributed by atoms with van der Waals surface area (Å²) in [6.45, 7) is 0.552. The van der Waals surface area contributed by atoms with E-state index >= 15 is 0 Å². The highest BCUT2D eigenvalue weighted by atomic mass is 32.2. The minimum atomic E-state index is -4.03. The minimum Gasteiger partial charge on any atom is -0.351 e. The van der Waals surface area contributed by atoms with Crippen LogP contribution in [0.15, 0.2) is 29.2 Å². The molecular formula is C13H12N4O5S2. The number of fused-ring (bicyclic) bond motifs is 1. The van der Waals surface area contributed by atoms with Crippen molar-refractivity contribution in [3.63, 3.8) is 0 Å². The largest absolute Gasteiger partial charge is 0.351 e. The van der Waals surface area contributed by atoms with Gasteiger partial charge in [-0.1, -0.05) is 17.4 Å². The number of nitrogens with zero attached hydrogens (tertiary/aromatic N) is 2. The molecule has 11 heteroatoms. The number of aromatic nitrogens is 1. The summed E-state index contributed by atoms with van der Waals surface area (Å²) in [5.41, 5.74) is 0.221. The second kappa shape index (κ2) is 6.17. The zero-order chi connectivity index (χ0) is 17.3. The molecule has 0 atom stereocenters. The van der Waals surface area contributed by atoms with Crippen molar-refractivity contribution in [1.82, 2.24) is 10.3 Å². The zero-order valence-corrected chi connectivity index (χ0v) is 13.8. The molecule has 0 radical (unpaired) electrons. The number of aryl methyl sites for hydroxylation is 1. The van der Waals surface area contributed by atoms with Crippen LogP contribution in [0.1, 0.15) is 21.8 Å². The first-order chi connectivity index (χ1) is 11.4. The highest BCUT2D eigenvalue weighted by molar-refractivity contribution is 7.93. The average Bonchev–Trinajstić information content (AvgIpc) is 2.85. The molecule has 9 nitrogen and oxygen atoms in total. The molecule has 126 valence electrons. The minimum absolute atomic E-state index is 0.0588. The monoisotopic (exact) mass is 368 g/mol. The van der Waals surface area contributed by atoms with Gasteiger partial charge in [0.1, 0.15) is 4.88 Å². The molecule has 0 aliphatic carbocycles. The van der Waals surface area contributed by atoms with Crippen LogP contribution in [0.3, 0.4) is 0 Å². The summed E-state index contributed by atoms with van der Waals surface area (Å²) in [7, 11) is -4.03. The fourth-order valence-corrected chi connectivity index (χ4v) is 4.42. The lowest BCUT2D eigenvalue weighted by molar-refractivity contribution is -0.385. The number of rotatable bonds is 4. The van der Waals surface area contributed by atoms with E-state index in [1.165, 1.54) is 18.2 Å². The Bertz CT molecular complexity index is 922. The van der Waals surface area contributed by atoms with E-state index in [-0.39, 0.29) is 21.6 Å². The summed E-state index contributed by atoms with van der Waals surface area (Å²) in [6, 6.07) is 4.71. The molecule has 1 amide bonds. The van der Waals surface area contributed by atoms with Crippen LogP contribution in [0, 0.1) is 10.1 Å². The number of benzene rings is 1. The normalized spacial score (nSPS) is 14.4. The van der Waals surface area contributed by atoms with Gasteiger partial charge in [0.2, 0.25) is 0 Å². The molecule has 1 aromatic carbocycles. The van der Waals surface area contributed by atoms with Crippen molar-refractivity contribution in [3.05, 3.63) is 45.0 Å². The first-order valence-corrected chi connectivity index (χ1v) is 9.22. The van der Waals surface area contributed by atoms with Gasteiger partial charge in [-0.05, 0) is 18.9 Å². The van der Waals surface area contributed by atoms with E-state index in [4.69, 9.17) is 0 Å². The van der Waals surface area contributed by atoms with Gasteiger partial charge in [0, 0.05) is 18.7 Å². The number of hydrogen-bond donors (Lipinski definition) is 2. The Kier molecular flexibility index (Phi) is 4.20. The summed E-state index contributed by atoms with van der Waals surface area (Å²) < 4.78 is 27.0. The van der Waals surface area contributed by atoms with E-state index in [0.717, 1.165) is 23.8 Å². The van der Waals surface area contributed by atoms with Crippen LogP contribution in [0.2, 0.25) is 0 Å². The lowest BCUT2D eigenvalue weighted by Gasteiger charge is -2.05. The van der Waals surface area contributed by atoms with Crippen LogP contribution in [-0.4, -0.2) is 30.8 Å². The summed E-state index contributed by atoms with van der Waals surface area (Å²) in [6.07, 6.45) is 1.29. The highest BCUT2D eigenvalue weighted by Crippen LogP contribution is 2.28. The van der Waals surface area contributed by atoms with Crippen LogP contribution in [0.25, 0.3) is 0 Å². The molecular weight excluding hydrogens is 356 g/mol. The molecule has 1 aromatic heterocycles. The topological polar surface area (TPSA) is 131 Å². The molecule has 24 heavy (non-hydrogen) atoms. The maximum Gasteiger partial charge on any atom is 0.270 e. The van der Waals surface area contributed by atoms with E-state index in [0.29, 0.717) is 23.5 Å². The van der Waals surface area contributed by atoms with Gasteiger partial charge in [-0.25, -0.2) is 13.4 Å². The maximum atomic E-state index is 12.4. The third-order valence-corrected chi connectivity index (χ3v) is 5.82. The number of nitrogens with one attached hydrogen (secondary N) is 2. The number of nitro benzene ring substituents is 1. The fraction of sp³-hybridized carbons (Fsp3) is 0.231. The number of thiazole rings is 1. The van der Waals surface area contributed by atoms with Crippen molar-refractivity contribution in [3.8, 4) is 0 Å². The van der Waals surface area contributed by atoms with Gasteiger partial charge in [0.05, 0.1) is 15.5 Å². The van der Waals surface area contributed by atoms with Crippen LogP contribution >= 0.6 is 11.3 Å². The number of sulfonamides is 1. The molecule has 1 aliphatic rings. The average molecular weight is 368 g/mol. The lowest BCUT2D eigenvalue weighted by Crippen LogP contribution is -2.21. The summed E-state index contributed by atoms with van der Waals surface area (Å²) in [5.74, 6) is -0.277. The zero-order valence-electron chi connectivity index (χ0n) is 12.2. The van der Waals surface area contributed by atoms with Gasteiger partial charge < -0.3 is 5.32 Å². The molecule has 0 bridgehead atoms. The number of non-ortho nitro benzene ring substituents is 1. The van der Waals surface area contributed by atoms with Gasteiger partial charge in [-0.15, -0.1) is 0 Å². The molecule has 1 aliphatic heterocycles. The second-order valence-electron chi connectivity index (χ2n) is 5.01. The third-order valence-electron chi connectivity index (χ3n) is 3.34. The molecule has 0 saturated heterocycles. The standard InChI is InChI=1S/C13H12N4O5S2/c18-12-11-10(5-2-6-14-12)15-13(23-11)16-24(21,22)9-4-1-3-8(7-9)17(19)20/h1,3-4,7H,2,5-6H2,(H,14,18)(H,15,16). The molecule has 3 rings (SSSR count). The molecule has 0 fully saturated rings. The van der Waals surface area contributed by atoms with Crippen LogP contribution in [-0.2, 0) is 16.4 Å². The Balaban J connectivity index is 1.90. The predicted octanol–water partition coefficient (Wildman–Crippen LogP) is 1.53. The first kappa shape index (κ1) is 16.3. The second-order valence-corrected chi connectivity index (χ2v) is 7.70. The van der Waals surface area contributed by atoms with E-state index in [2.05, 4.69) is 15.0 Å². The molecule has 0 spiro atoms. The van der Waals surface area contributed by atoms with Crippen LogP contribution in [0.5, 0.6) is 0 Å². The number of carbonyl (C=O) groups is 1.